The van der Waals surface area contributed by atoms with Crippen molar-refractivity contribution in [2.75, 3.05) is 26.1 Å². The number of nitrogens with one attached hydrogen (secondary N) is 2. The molecular weight excluding hydrogens is 366 g/mol. The molecule has 0 fully saturated rings. The molecule has 0 unspecified atom stereocenters. The van der Waals surface area contributed by atoms with Gasteiger partial charge in [-0.3, -0.25) is 9.78 Å². The van der Waals surface area contributed by atoms with E-state index in [9.17, 15) is 4.79 Å². The number of methoxy groups -OCH3 is 2. The Morgan fingerprint density at radius 2 is 1.90 bits per heavy atom. The number of amides is 1. The highest BCUT2D eigenvalue weighted by atomic mass is 16.5. The zero-order valence-electron chi connectivity index (χ0n) is 16.9. The zero-order valence-corrected chi connectivity index (χ0v) is 16.9. The summed E-state index contributed by atoms with van der Waals surface area (Å²) in [6, 6.07) is 15.5. The number of hydrogen-bond acceptors (Lipinski definition) is 5. The van der Waals surface area contributed by atoms with Crippen LogP contribution in [-0.4, -0.2) is 31.7 Å². The van der Waals surface area contributed by atoms with E-state index < -0.39 is 0 Å². The first-order chi connectivity index (χ1) is 14.1. The molecule has 0 saturated carbocycles. The van der Waals surface area contributed by atoms with Crippen molar-refractivity contribution < 1.29 is 14.3 Å². The maximum absolute atomic E-state index is 12.5. The highest BCUT2D eigenvalue weighted by molar-refractivity contribution is 5.94. The molecule has 0 spiro atoms. The summed E-state index contributed by atoms with van der Waals surface area (Å²) in [5.41, 5.74) is 4.24. The van der Waals surface area contributed by atoms with Crippen molar-refractivity contribution in [3.05, 3.63) is 77.6 Å². The Hall–Kier alpha value is -3.54. The standard InChI is InChI=1S/C23H25N3O3/c1-16-7-8-22(29-3)21(11-16)26-19-13-18(14-24-15-19)23(27)25-10-9-17-5-4-6-20(12-17)28-2/h4-8,11-15,26H,9-10H2,1-3H3,(H,25,27). The maximum Gasteiger partial charge on any atom is 0.252 e. The Morgan fingerprint density at radius 1 is 1.03 bits per heavy atom. The molecule has 150 valence electrons. The molecule has 0 atom stereocenters. The van der Waals surface area contributed by atoms with Crippen LogP contribution < -0.4 is 20.1 Å². The number of aryl methyl sites for hydroxylation is 1. The van der Waals surface area contributed by atoms with Crippen molar-refractivity contribution in [1.29, 1.82) is 0 Å². The molecule has 1 amide bonds. The molecule has 0 aliphatic heterocycles. The summed E-state index contributed by atoms with van der Waals surface area (Å²) < 4.78 is 10.6. The summed E-state index contributed by atoms with van der Waals surface area (Å²) in [5, 5.41) is 6.21. The van der Waals surface area contributed by atoms with E-state index in [4.69, 9.17) is 9.47 Å². The minimum atomic E-state index is -0.166. The van der Waals surface area contributed by atoms with Gasteiger partial charge in [0, 0.05) is 12.7 Å². The minimum absolute atomic E-state index is 0.166. The number of hydrogen-bond donors (Lipinski definition) is 2. The van der Waals surface area contributed by atoms with Crippen LogP contribution in [0.4, 0.5) is 11.4 Å². The highest BCUT2D eigenvalue weighted by Crippen LogP contribution is 2.28. The topological polar surface area (TPSA) is 72.5 Å². The van der Waals surface area contributed by atoms with E-state index in [0.717, 1.165) is 34.7 Å². The minimum Gasteiger partial charge on any atom is -0.497 e. The molecule has 2 N–H and O–H groups in total. The molecule has 0 radical (unpaired) electrons. The second-order valence-corrected chi connectivity index (χ2v) is 6.65. The molecule has 6 nitrogen and oxygen atoms in total. The average molecular weight is 391 g/mol. The lowest BCUT2D eigenvalue weighted by Gasteiger charge is -2.12. The third kappa shape index (κ3) is 5.48. The normalized spacial score (nSPS) is 10.3. The van der Waals surface area contributed by atoms with Gasteiger partial charge >= 0.3 is 0 Å². The maximum atomic E-state index is 12.5. The van der Waals surface area contributed by atoms with Crippen LogP contribution in [0.5, 0.6) is 11.5 Å². The summed E-state index contributed by atoms with van der Waals surface area (Å²) in [6.07, 6.45) is 3.95. The van der Waals surface area contributed by atoms with Crippen LogP contribution in [0.1, 0.15) is 21.5 Å². The Morgan fingerprint density at radius 3 is 2.69 bits per heavy atom. The lowest BCUT2D eigenvalue weighted by Crippen LogP contribution is -2.25. The lowest BCUT2D eigenvalue weighted by molar-refractivity contribution is 0.0954. The summed E-state index contributed by atoms with van der Waals surface area (Å²) in [7, 11) is 3.27. The van der Waals surface area contributed by atoms with E-state index in [0.29, 0.717) is 17.8 Å². The number of anilines is 2. The summed E-state index contributed by atoms with van der Waals surface area (Å²) in [5.74, 6) is 1.37. The number of carbonyl (C=O) groups excluding carboxylic acids is 1. The number of pyridine rings is 1. The molecule has 0 bridgehead atoms. The van der Waals surface area contributed by atoms with Gasteiger partial charge in [-0.1, -0.05) is 18.2 Å². The van der Waals surface area contributed by atoms with Crippen LogP contribution >= 0.6 is 0 Å². The monoisotopic (exact) mass is 391 g/mol. The van der Waals surface area contributed by atoms with Crippen LogP contribution in [0.15, 0.2) is 60.9 Å². The number of rotatable bonds is 8. The molecule has 0 aliphatic rings. The van der Waals surface area contributed by atoms with Crippen LogP contribution in [0, 0.1) is 6.92 Å². The molecule has 1 aromatic heterocycles. The van der Waals surface area contributed by atoms with Gasteiger partial charge < -0.3 is 20.1 Å². The summed E-state index contributed by atoms with van der Waals surface area (Å²) in [4.78, 5) is 16.7. The van der Waals surface area contributed by atoms with Crippen molar-refractivity contribution in [2.45, 2.75) is 13.3 Å². The number of nitrogens with zero attached hydrogens (tertiary/aromatic N) is 1. The van der Waals surface area contributed by atoms with Gasteiger partial charge in [0.1, 0.15) is 11.5 Å². The molecule has 0 aliphatic carbocycles. The molecule has 29 heavy (non-hydrogen) atoms. The van der Waals surface area contributed by atoms with Gasteiger partial charge in [0.15, 0.2) is 0 Å². The first-order valence-corrected chi connectivity index (χ1v) is 9.37. The van der Waals surface area contributed by atoms with E-state index in [1.165, 1.54) is 0 Å². The first kappa shape index (κ1) is 20.2. The Kier molecular flexibility index (Phi) is 6.68. The summed E-state index contributed by atoms with van der Waals surface area (Å²) in [6.45, 7) is 2.53. The molecular formula is C23H25N3O3. The first-order valence-electron chi connectivity index (χ1n) is 9.37. The summed E-state index contributed by atoms with van der Waals surface area (Å²) >= 11 is 0. The quantitative estimate of drug-likeness (QED) is 0.604. The van der Waals surface area contributed by atoms with E-state index in [1.807, 2.05) is 49.4 Å². The van der Waals surface area contributed by atoms with Gasteiger partial charge in [-0.05, 0) is 54.8 Å². The largest absolute Gasteiger partial charge is 0.497 e. The van der Waals surface area contributed by atoms with Gasteiger partial charge in [-0.15, -0.1) is 0 Å². The van der Waals surface area contributed by atoms with Gasteiger partial charge in [-0.25, -0.2) is 0 Å². The zero-order chi connectivity index (χ0) is 20.6. The van der Waals surface area contributed by atoms with Gasteiger partial charge in [0.2, 0.25) is 0 Å². The molecule has 3 aromatic rings. The second kappa shape index (κ2) is 9.59. The lowest BCUT2D eigenvalue weighted by atomic mass is 10.1. The van der Waals surface area contributed by atoms with Crippen molar-refractivity contribution in [1.82, 2.24) is 10.3 Å². The van der Waals surface area contributed by atoms with Crippen molar-refractivity contribution >= 4 is 17.3 Å². The van der Waals surface area contributed by atoms with Crippen LogP contribution in [0.3, 0.4) is 0 Å². The third-order valence-corrected chi connectivity index (χ3v) is 4.47. The molecule has 0 saturated heterocycles. The second-order valence-electron chi connectivity index (χ2n) is 6.65. The Balaban J connectivity index is 1.63. The fourth-order valence-electron chi connectivity index (χ4n) is 2.96. The van der Waals surface area contributed by atoms with E-state index in [1.54, 1.807) is 32.7 Å². The smallest absolute Gasteiger partial charge is 0.252 e. The highest BCUT2D eigenvalue weighted by Gasteiger charge is 2.09. The van der Waals surface area contributed by atoms with Crippen LogP contribution in [-0.2, 0) is 6.42 Å². The fourth-order valence-corrected chi connectivity index (χ4v) is 2.96. The van der Waals surface area contributed by atoms with E-state index in [-0.39, 0.29) is 5.91 Å². The van der Waals surface area contributed by atoms with Crippen molar-refractivity contribution in [3.8, 4) is 11.5 Å². The predicted molar refractivity (Wildman–Crippen MR) is 114 cm³/mol. The van der Waals surface area contributed by atoms with Gasteiger partial charge in [0.05, 0.1) is 37.4 Å². The Labute approximate surface area is 170 Å². The van der Waals surface area contributed by atoms with Crippen LogP contribution in [0.2, 0.25) is 0 Å². The number of carbonyl (C=O) groups is 1. The van der Waals surface area contributed by atoms with Crippen molar-refractivity contribution in [3.63, 3.8) is 0 Å². The van der Waals surface area contributed by atoms with E-state index in [2.05, 4.69) is 15.6 Å². The third-order valence-electron chi connectivity index (χ3n) is 4.47. The molecule has 3 rings (SSSR count). The van der Waals surface area contributed by atoms with Gasteiger partial charge in [0.25, 0.3) is 5.91 Å². The van der Waals surface area contributed by atoms with E-state index >= 15 is 0 Å². The molecule has 1 heterocycles. The SMILES string of the molecule is COc1cccc(CCNC(=O)c2cncc(Nc3cc(C)ccc3OC)c2)c1. The predicted octanol–water partition coefficient (Wildman–Crippen LogP) is 4.12. The Bertz CT molecular complexity index is 989. The average Bonchev–Trinajstić information content (AvgIpc) is 2.74. The van der Waals surface area contributed by atoms with Crippen molar-refractivity contribution in [2.24, 2.45) is 0 Å². The number of benzene rings is 2. The molecule has 6 heteroatoms. The number of ether oxygens (including phenoxy) is 2. The van der Waals surface area contributed by atoms with Crippen LogP contribution in [0.25, 0.3) is 0 Å². The number of aromatic nitrogens is 1. The fraction of sp³-hybridized carbons (Fsp3) is 0.217. The molecule has 2 aromatic carbocycles. The van der Waals surface area contributed by atoms with Gasteiger partial charge in [-0.2, -0.15) is 0 Å².